The summed E-state index contributed by atoms with van der Waals surface area (Å²) in [7, 11) is 0. The molecule has 0 radical (unpaired) electrons. The van der Waals surface area contributed by atoms with Crippen LogP contribution in [0.3, 0.4) is 0 Å². The molecule has 3 aromatic carbocycles. The molecular weight excluding hydrogens is 338 g/mol. The first kappa shape index (κ1) is 16.8. The average molecular weight is 357 g/mol. The van der Waals surface area contributed by atoms with Crippen LogP contribution in [0.15, 0.2) is 82.0 Å². The molecule has 0 spiro atoms. The minimum Gasteiger partial charge on any atom is -0.443 e. The summed E-state index contributed by atoms with van der Waals surface area (Å²) in [4.78, 5) is 8.35. The maximum absolute atomic E-state index is 5.64. The minimum atomic E-state index is 0.532. The summed E-state index contributed by atoms with van der Waals surface area (Å²) in [5, 5.41) is 3.22. The standard InChI is InChI=1S/C15H14N2O.C7H5NO/c1-10-6-5-8-12(11(10)2)16-15-17-13-7-3-4-9-14(13)18-15;1-2-4-7-6(3-1)8-5-9-7/h3-9H,1-2H3,(H,16,17);1-5H. The van der Waals surface area contributed by atoms with Crippen molar-refractivity contribution in [2.75, 3.05) is 5.32 Å². The lowest BCUT2D eigenvalue weighted by molar-refractivity contribution is 0.602. The fourth-order valence-electron chi connectivity index (χ4n) is 2.73. The lowest BCUT2D eigenvalue weighted by Crippen LogP contribution is -1.94. The minimum absolute atomic E-state index is 0.532. The number of para-hydroxylation sites is 4. The molecule has 2 heterocycles. The third-order valence-corrected chi connectivity index (χ3v) is 4.38. The summed E-state index contributed by atoms with van der Waals surface area (Å²) in [5.41, 5.74) is 6.91. The van der Waals surface area contributed by atoms with Crippen LogP contribution in [-0.2, 0) is 0 Å². The Morgan fingerprint density at radius 2 is 1.52 bits per heavy atom. The van der Waals surface area contributed by atoms with Crippen molar-refractivity contribution in [3.63, 3.8) is 0 Å². The van der Waals surface area contributed by atoms with Crippen LogP contribution in [0, 0.1) is 13.8 Å². The van der Waals surface area contributed by atoms with E-state index in [4.69, 9.17) is 8.83 Å². The summed E-state index contributed by atoms with van der Waals surface area (Å²) in [6, 6.07) is 22.1. The Morgan fingerprint density at radius 3 is 2.30 bits per heavy atom. The van der Waals surface area contributed by atoms with Gasteiger partial charge < -0.3 is 14.2 Å². The second kappa shape index (κ2) is 7.33. The molecule has 0 saturated heterocycles. The normalized spacial score (nSPS) is 10.6. The summed E-state index contributed by atoms with van der Waals surface area (Å²) in [6.07, 6.45) is 1.45. The van der Waals surface area contributed by atoms with Crippen molar-refractivity contribution in [3.05, 3.63) is 84.3 Å². The van der Waals surface area contributed by atoms with Gasteiger partial charge in [0.15, 0.2) is 17.6 Å². The van der Waals surface area contributed by atoms with Crippen molar-refractivity contribution in [2.45, 2.75) is 13.8 Å². The van der Waals surface area contributed by atoms with Crippen molar-refractivity contribution in [3.8, 4) is 0 Å². The van der Waals surface area contributed by atoms with E-state index in [1.807, 2.05) is 60.7 Å². The number of nitrogens with one attached hydrogen (secondary N) is 1. The van der Waals surface area contributed by atoms with Gasteiger partial charge in [-0.1, -0.05) is 36.4 Å². The number of nitrogens with zero attached hydrogens (tertiary/aromatic N) is 2. The molecule has 5 rings (SSSR count). The Morgan fingerprint density at radius 1 is 0.778 bits per heavy atom. The summed E-state index contributed by atoms with van der Waals surface area (Å²) >= 11 is 0. The van der Waals surface area contributed by atoms with E-state index < -0.39 is 0 Å². The zero-order valence-electron chi connectivity index (χ0n) is 15.1. The van der Waals surface area contributed by atoms with E-state index in [2.05, 4.69) is 35.2 Å². The molecule has 0 saturated carbocycles. The quantitative estimate of drug-likeness (QED) is 0.419. The lowest BCUT2D eigenvalue weighted by atomic mass is 10.1. The Kier molecular flexibility index (Phi) is 4.58. The van der Waals surface area contributed by atoms with E-state index in [0.29, 0.717) is 6.01 Å². The van der Waals surface area contributed by atoms with Crippen molar-refractivity contribution in [2.24, 2.45) is 0 Å². The van der Waals surface area contributed by atoms with Gasteiger partial charge in [-0.25, -0.2) is 4.98 Å². The van der Waals surface area contributed by atoms with Crippen LogP contribution in [-0.4, -0.2) is 9.97 Å². The zero-order valence-corrected chi connectivity index (χ0v) is 15.1. The molecule has 134 valence electrons. The van der Waals surface area contributed by atoms with Crippen LogP contribution >= 0.6 is 0 Å². The van der Waals surface area contributed by atoms with E-state index in [-0.39, 0.29) is 0 Å². The lowest BCUT2D eigenvalue weighted by Gasteiger charge is -2.07. The highest BCUT2D eigenvalue weighted by molar-refractivity contribution is 5.75. The highest BCUT2D eigenvalue weighted by Crippen LogP contribution is 2.25. The van der Waals surface area contributed by atoms with Gasteiger partial charge in [0.1, 0.15) is 11.0 Å². The molecular formula is C22H19N3O2. The topological polar surface area (TPSA) is 64.1 Å². The molecule has 2 aromatic heterocycles. The first-order valence-corrected chi connectivity index (χ1v) is 8.68. The predicted octanol–water partition coefficient (Wildman–Crippen LogP) is 6.02. The number of anilines is 2. The molecule has 0 amide bonds. The number of aromatic nitrogens is 2. The Balaban J connectivity index is 0.000000167. The van der Waals surface area contributed by atoms with E-state index in [9.17, 15) is 0 Å². The fourth-order valence-corrected chi connectivity index (χ4v) is 2.73. The first-order chi connectivity index (χ1) is 13.2. The molecule has 0 fully saturated rings. The molecule has 5 aromatic rings. The molecule has 0 atom stereocenters. The molecule has 1 N–H and O–H groups in total. The van der Waals surface area contributed by atoms with Crippen molar-refractivity contribution in [1.82, 2.24) is 9.97 Å². The number of fused-ring (bicyclic) bond motifs is 2. The predicted molar refractivity (Wildman–Crippen MR) is 107 cm³/mol. The van der Waals surface area contributed by atoms with Gasteiger partial charge in [0.05, 0.1) is 0 Å². The number of aryl methyl sites for hydroxylation is 1. The van der Waals surface area contributed by atoms with Crippen molar-refractivity contribution in [1.29, 1.82) is 0 Å². The monoisotopic (exact) mass is 357 g/mol. The van der Waals surface area contributed by atoms with Gasteiger partial charge in [-0.2, -0.15) is 4.98 Å². The van der Waals surface area contributed by atoms with E-state index in [1.165, 1.54) is 17.5 Å². The molecule has 0 unspecified atom stereocenters. The van der Waals surface area contributed by atoms with Crippen LogP contribution in [0.4, 0.5) is 11.7 Å². The van der Waals surface area contributed by atoms with Gasteiger partial charge in [-0.15, -0.1) is 0 Å². The van der Waals surface area contributed by atoms with E-state index in [1.54, 1.807) is 0 Å². The molecule has 0 aliphatic rings. The van der Waals surface area contributed by atoms with Crippen LogP contribution < -0.4 is 5.32 Å². The summed E-state index contributed by atoms with van der Waals surface area (Å²) in [5.74, 6) is 0. The molecule has 0 aliphatic carbocycles. The van der Waals surface area contributed by atoms with Crippen LogP contribution in [0.5, 0.6) is 0 Å². The molecule has 27 heavy (non-hydrogen) atoms. The van der Waals surface area contributed by atoms with Crippen LogP contribution in [0.25, 0.3) is 22.2 Å². The second-order valence-corrected chi connectivity index (χ2v) is 6.18. The van der Waals surface area contributed by atoms with Gasteiger partial charge in [-0.05, 0) is 55.3 Å². The molecule has 5 heteroatoms. The summed E-state index contributed by atoms with van der Waals surface area (Å²) in [6.45, 7) is 4.17. The van der Waals surface area contributed by atoms with Gasteiger partial charge in [0.2, 0.25) is 0 Å². The third kappa shape index (κ3) is 3.67. The Hall–Kier alpha value is -3.60. The first-order valence-electron chi connectivity index (χ1n) is 8.68. The second-order valence-electron chi connectivity index (χ2n) is 6.18. The van der Waals surface area contributed by atoms with E-state index in [0.717, 1.165) is 27.9 Å². The maximum Gasteiger partial charge on any atom is 0.300 e. The number of hydrogen-bond acceptors (Lipinski definition) is 5. The zero-order chi connectivity index (χ0) is 18.6. The van der Waals surface area contributed by atoms with Crippen LogP contribution in [0.2, 0.25) is 0 Å². The highest BCUT2D eigenvalue weighted by atomic mass is 16.4. The van der Waals surface area contributed by atoms with E-state index >= 15 is 0 Å². The number of rotatable bonds is 2. The largest absolute Gasteiger partial charge is 0.443 e. The van der Waals surface area contributed by atoms with Gasteiger partial charge in [0.25, 0.3) is 6.01 Å². The SMILES string of the molecule is Cc1cccc(Nc2nc3ccccc3o2)c1C.c1ccc2ocnc2c1. The fraction of sp³-hybridized carbons (Fsp3) is 0.0909. The van der Waals surface area contributed by atoms with Gasteiger partial charge >= 0.3 is 0 Å². The molecule has 5 nitrogen and oxygen atoms in total. The number of hydrogen-bond donors (Lipinski definition) is 1. The maximum atomic E-state index is 5.64. The Bertz CT molecular complexity index is 1130. The van der Waals surface area contributed by atoms with Gasteiger partial charge in [-0.3, -0.25) is 0 Å². The average Bonchev–Trinajstić information content (AvgIpc) is 3.32. The number of oxazole rings is 2. The third-order valence-electron chi connectivity index (χ3n) is 4.38. The smallest absolute Gasteiger partial charge is 0.300 e. The van der Waals surface area contributed by atoms with Crippen molar-refractivity contribution < 1.29 is 8.83 Å². The highest BCUT2D eigenvalue weighted by Gasteiger charge is 2.07. The number of benzene rings is 3. The van der Waals surface area contributed by atoms with Crippen LogP contribution in [0.1, 0.15) is 11.1 Å². The summed E-state index contributed by atoms with van der Waals surface area (Å²) < 4.78 is 10.7. The molecule has 0 aliphatic heterocycles. The molecule has 0 bridgehead atoms. The van der Waals surface area contributed by atoms with Crippen molar-refractivity contribution >= 4 is 33.9 Å². The van der Waals surface area contributed by atoms with Gasteiger partial charge in [0, 0.05) is 5.69 Å². The Labute approximate surface area is 156 Å².